The van der Waals surface area contributed by atoms with Crippen LogP contribution < -0.4 is 0 Å². The molecule has 0 aliphatic heterocycles. The lowest BCUT2D eigenvalue weighted by molar-refractivity contribution is -0.385. The van der Waals surface area contributed by atoms with Gasteiger partial charge in [-0.1, -0.05) is 48.6 Å². The average molecular weight is 353 g/mol. The third-order valence-corrected chi connectivity index (χ3v) is 3.59. The van der Waals surface area contributed by atoms with Crippen molar-refractivity contribution < 1.29 is 14.5 Å². The number of nitro benzene ring substituents is 1. The maximum atomic E-state index is 12.2. The van der Waals surface area contributed by atoms with E-state index in [4.69, 9.17) is 4.74 Å². The molecular weight excluding hydrogens is 330 g/mol. The average Bonchev–Trinajstić information content (AvgIpc) is 2.58. The quantitative estimate of drug-likeness (QED) is 0.407. The number of rotatable bonds is 6. The molecule has 2 aromatic rings. The molecule has 0 heterocycles. The van der Waals surface area contributed by atoms with E-state index in [9.17, 15) is 14.9 Å². The summed E-state index contributed by atoms with van der Waals surface area (Å²) in [5.74, 6) is -0.691. The van der Waals surface area contributed by atoms with Crippen LogP contribution >= 0.6 is 0 Å². The minimum Gasteiger partial charge on any atom is -0.456 e. The van der Waals surface area contributed by atoms with E-state index in [-0.39, 0.29) is 11.3 Å². The second kappa shape index (κ2) is 8.43. The Labute approximate surface area is 153 Å². The maximum absolute atomic E-state index is 12.2. The van der Waals surface area contributed by atoms with E-state index in [1.807, 2.05) is 30.4 Å². The predicted molar refractivity (Wildman–Crippen MR) is 102 cm³/mol. The van der Waals surface area contributed by atoms with Crippen LogP contribution in [0.4, 0.5) is 5.69 Å². The summed E-state index contributed by atoms with van der Waals surface area (Å²) in [4.78, 5) is 22.9. The van der Waals surface area contributed by atoms with Gasteiger partial charge >= 0.3 is 5.97 Å². The summed E-state index contributed by atoms with van der Waals surface area (Å²) < 4.78 is 5.24. The lowest BCUT2D eigenvalue weighted by Crippen LogP contribution is -2.24. The highest BCUT2D eigenvalue weighted by atomic mass is 16.6. The first kappa shape index (κ1) is 19.4. The maximum Gasteiger partial charge on any atom is 0.345 e. The summed E-state index contributed by atoms with van der Waals surface area (Å²) in [5.41, 5.74) is 0.928. The molecule has 0 aliphatic carbocycles. The zero-order valence-electron chi connectivity index (χ0n) is 15.3. The number of hydrogen-bond acceptors (Lipinski definition) is 4. The lowest BCUT2D eigenvalue weighted by atomic mass is 10.1. The van der Waals surface area contributed by atoms with E-state index in [1.165, 1.54) is 17.7 Å². The van der Waals surface area contributed by atoms with E-state index in [0.717, 1.165) is 12.8 Å². The van der Waals surface area contributed by atoms with Crippen molar-refractivity contribution in [2.24, 2.45) is 0 Å². The minimum atomic E-state index is -0.707. The molecule has 0 radical (unpaired) electrons. The van der Waals surface area contributed by atoms with Gasteiger partial charge in [-0.05, 0) is 50.8 Å². The predicted octanol–water partition coefficient (Wildman–Crippen LogP) is 5.20. The number of allylic oxidation sites excluding steroid dienone is 1. The third-order valence-electron chi connectivity index (χ3n) is 3.59. The van der Waals surface area contributed by atoms with Gasteiger partial charge in [0.25, 0.3) is 5.69 Å². The molecule has 0 aliphatic rings. The van der Waals surface area contributed by atoms with Gasteiger partial charge in [0, 0.05) is 6.07 Å². The first-order valence-electron chi connectivity index (χ1n) is 8.48. The van der Waals surface area contributed by atoms with Crippen molar-refractivity contribution in [3.63, 3.8) is 0 Å². The van der Waals surface area contributed by atoms with Gasteiger partial charge in [0.2, 0.25) is 0 Å². The summed E-state index contributed by atoms with van der Waals surface area (Å²) in [7, 11) is 0. The Morgan fingerprint density at radius 2 is 1.85 bits per heavy atom. The number of carbonyl (C=O) groups excluding carboxylic acids is 1. The standard InChI is InChI=1S/C21H23NO4/c1-21(2,3)26-20(23)18-14-13-17(15-19(18)22(24)25)12-8-7-11-16-9-5-4-6-10-16/h4-6,8-10,12-15H,7,11H2,1-3H3. The molecule has 0 saturated carbocycles. The van der Waals surface area contributed by atoms with E-state index < -0.39 is 16.5 Å². The molecule has 26 heavy (non-hydrogen) atoms. The fraction of sp³-hybridized carbons (Fsp3) is 0.286. The van der Waals surface area contributed by atoms with Gasteiger partial charge in [-0.25, -0.2) is 4.79 Å². The summed E-state index contributed by atoms with van der Waals surface area (Å²) in [5, 5.41) is 11.3. The molecule has 5 nitrogen and oxygen atoms in total. The summed E-state index contributed by atoms with van der Waals surface area (Å²) >= 11 is 0. The molecule has 0 unspecified atom stereocenters. The normalized spacial score (nSPS) is 11.5. The van der Waals surface area contributed by atoms with E-state index >= 15 is 0 Å². The van der Waals surface area contributed by atoms with Crippen molar-refractivity contribution in [3.8, 4) is 0 Å². The molecule has 2 rings (SSSR count). The van der Waals surface area contributed by atoms with Crippen molar-refractivity contribution in [1.29, 1.82) is 0 Å². The van der Waals surface area contributed by atoms with E-state index in [2.05, 4.69) is 12.1 Å². The Morgan fingerprint density at radius 1 is 1.15 bits per heavy atom. The van der Waals surface area contributed by atoms with Gasteiger partial charge in [0.1, 0.15) is 11.2 Å². The Balaban J connectivity index is 2.11. The third kappa shape index (κ3) is 5.84. The number of esters is 1. The van der Waals surface area contributed by atoms with E-state index in [1.54, 1.807) is 26.8 Å². The first-order chi connectivity index (χ1) is 12.3. The molecule has 5 heteroatoms. The number of hydrogen-bond donors (Lipinski definition) is 0. The van der Waals surface area contributed by atoms with Crippen LogP contribution in [0.2, 0.25) is 0 Å². The molecule has 0 N–H and O–H groups in total. The number of benzene rings is 2. The summed E-state index contributed by atoms with van der Waals surface area (Å²) in [6.45, 7) is 5.17. The number of ether oxygens (including phenoxy) is 1. The molecule has 0 bridgehead atoms. The Bertz CT molecular complexity index is 805. The topological polar surface area (TPSA) is 69.4 Å². The fourth-order valence-corrected chi connectivity index (χ4v) is 2.42. The highest BCUT2D eigenvalue weighted by molar-refractivity contribution is 5.94. The highest BCUT2D eigenvalue weighted by Crippen LogP contribution is 2.24. The molecule has 136 valence electrons. The van der Waals surface area contributed by atoms with Crippen LogP contribution in [-0.2, 0) is 11.2 Å². The van der Waals surface area contributed by atoms with Crippen molar-refractivity contribution in [1.82, 2.24) is 0 Å². The number of nitro groups is 1. The van der Waals surface area contributed by atoms with Crippen LogP contribution in [0.3, 0.4) is 0 Å². The van der Waals surface area contributed by atoms with Gasteiger partial charge in [0.05, 0.1) is 4.92 Å². The fourth-order valence-electron chi connectivity index (χ4n) is 2.42. The number of nitrogens with zero attached hydrogens (tertiary/aromatic N) is 1. The Morgan fingerprint density at radius 3 is 2.46 bits per heavy atom. The monoisotopic (exact) mass is 353 g/mol. The molecule has 0 aromatic heterocycles. The van der Waals surface area contributed by atoms with Crippen LogP contribution in [0.25, 0.3) is 6.08 Å². The van der Waals surface area contributed by atoms with Crippen LogP contribution in [-0.4, -0.2) is 16.5 Å². The first-order valence-corrected chi connectivity index (χ1v) is 8.48. The largest absolute Gasteiger partial charge is 0.456 e. The van der Waals surface area contributed by atoms with Crippen molar-refractivity contribution in [2.45, 2.75) is 39.2 Å². The van der Waals surface area contributed by atoms with Gasteiger partial charge in [-0.3, -0.25) is 10.1 Å². The number of aryl methyl sites for hydroxylation is 1. The SMILES string of the molecule is CC(C)(C)OC(=O)c1ccc(C=CCCc2ccccc2)cc1[N+](=O)[O-]. The smallest absolute Gasteiger partial charge is 0.345 e. The zero-order chi connectivity index (χ0) is 19.2. The molecule has 0 fully saturated rings. The zero-order valence-corrected chi connectivity index (χ0v) is 15.3. The molecular formula is C21H23NO4. The van der Waals surface area contributed by atoms with Gasteiger partial charge in [-0.15, -0.1) is 0 Å². The van der Waals surface area contributed by atoms with Crippen LogP contribution in [0.15, 0.2) is 54.6 Å². The summed E-state index contributed by atoms with van der Waals surface area (Å²) in [6, 6.07) is 14.6. The van der Waals surface area contributed by atoms with Gasteiger partial charge < -0.3 is 4.74 Å². The number of carbonyl (C=O) groups is 1. The molecule has 0 saturated heterocycles. The molecule has 0 amide bonds. The van der Waals surface area contributed by atoms with Gasteiger partial charge in [0.15, 0.2) is 0 Å². The lowest BCUT2D eigenvalue weighted by Gasteiger charge is -2.19. The Hall–Kier alpha value is -2.95. The van der Waals surface area contributed by atoms with Crippen molar-refractivity contribution in [2.75, 3.05) is 0 Å². The highest BCUT2D eigenvalue weighted by Gasteiger charge is 2.25. The van der Waals surface area contributed by atoms with Gasteiger partial charge in [-0.2, -0.15) is 0 Å². The minimum absolute atomic E-state index is 0.0358. The molecule has 0 atom stereocenters. The second-order valence-electron chi connectivity index (χ2n) is 6.96. The summed E-state index contributed by atoms with van der Waals surface area (Å²) in [6.07, 6.45) is 5.52. The van der Waals surface area contributed by atoms with Crippen LogP contribution in [0.5, 0.6) is 0 Å². The van der Waals surface area contributed by atoms with Crippen molar-refractivity contribution in [3.05, 3.63) is 81.4 Å². The Kier molecular flexibility index (Phi) is 6.28. The molecule has 0 spiro atoms. The molecule has 2 aromatic carbocycles. The second-order valence-corrected chi connectivity index (χ2v) is 6.96. The van der Waals surface area contributed by atoms with E-state index in [0.29, 0.717) is 5.56 Å². The van der Waals surface area contributed by atoms with Crippen LogP contribution in [0, 0.1) is 10.1 Å². The van der Waals surface area contributed by atoms with Crippen LogP contribution in [0.1, 0.15) is 48.7 Å². The van der Waals surface area contributed by atoms with Crippen molar-refractivity contribution >= 4 is 17.7 Å².